The second-order valence-electron chi connectivity index (χ2n) is 2.07. The Morgan fingerprint density at radius 2 is 2.33 bits per heavy atom. The van der Waals surface area contributed by atoms with Crippen LogP contribution < -0.4 is 5.56 Å². The number of H-pyrrole nitrogens is 1. The predicted octanol–water partition coefficient (Wildman–Crippen LogP) is 0.116. The van der Waals surface area contributed by atoms with Gasteiger partial charge in [0.2, 0.25) is 0 Å². The molecule has 0 saturated carbocycles. The number of aromatic nitrogens is 3. The Balaban J connectivity index is 0.000000720. The van der Waals surface area contributed by atoms with Crippen LogP contribution in [-0.2, 0) is 20.4 Å². The Morgan fingerprint density at radius 3 is 3.17 bits per heavy atom. The van der Waals surface area contributed by atoms with Crippen LogP contribution in [-0.4, -0.2) is 15.0 Å². The topological polar surface area (TPSA) is 58.6 Å². The molecule has 5 heteroatoms. The molecule has 0 aromatic carbocycles. The van der Waals surface area contributed by atoms with Gasteiger partial charge in [0.1, 0.15) is 6.33 Å². The maximum Gasteiger partial charge on any atom is 0.157 e. The van der Waals surface area contributed by atoms with Gasteiger partial charge in [0.15, 0.2) is 5.56 Å². The average Bonchev–Trinajstić information content (AvgIpc) is 2.04. The first-order chi connectivity index (χ1) is 5.36. The van der Waals surface area contributed by atoms with Crippen LogP contribution in [0.4, 0.5) is 0 Å². The summed E-state index contributed by atoms with van der Waals surface area (Å²) in [4.78, 5) is 20.9. The van der Waals surface area contributed by atoms with Crippen molar-refractivity contribution < 1.29 is 20.4 Å². The molecule has 0 fully saturated rings. The second-order valence-corrected chi connectivity index (χ2v) is 2.07. The number of hydrogen-bond acceptors (Lipinski definition) is 3. The fourth-order valence-corrected chi connectivity index (χ4v) is 0.837. The number of rotatable bonds is 0. The van der Waals surface area contributed by atoms with Gasteiger partial charge >= 0.3 is 0 Å². The van der Waals surface area contributed by atoms with Crippen LogP contribution in [0.2, 0.25) is 0 Å². The smallest absolute Gasteiger partial charge is 0.157 e. The molecule has 12 heavy (non-hydrogen) atoms. The van der Waals surface area contributed by atoms with Gasteiger partial charge in [0, 0.05) is 20.4 Å². The van der Waals surface area contributed by atoms with Crippen molar-refractivity contribution in [3.05, 3.63) is 35.0 Å². The first kappa shape index (κ1) is 9.04. The summed E-state index contributed by atoms with van der Waals surface area (Å²) >= 11 is 0. The Bertz CT molecular complexity index is 440. The minimum Gasteiger partial charge on any atom is -0.338 e. The molecular weight excluding hydrogens is 328 g/mol. The Morgan fingerprint density at radius 1 is 1.50 bits per heavy atom. The molecule has 0 saturated heterocycles. The van der Waals surface area contributed by atoms with Crippen LogP contribution in [0.1, 0.15) is 0 Å². The molecule has 0 atom stereocenters. The Hall–Kier alpha value is -1.05. The van der Waals surface area contributed by atoms with Crippen molar-refractivity contribution in [2.45, 2.75) is 0 Å². The zero-order valence-corrected chi connectivity index (χ0v) is 8.63. The quantitative estimate of drug-likeness (QED) is 0.697. The van der Waals surface area contributed by atoms with Crippen LogP contribution >= 0.6 is 0 Å². The van der Waals surface area contributed by atoms with E-state index in [-0.39, 0.29) is 26.0 Å². The summed E-state index contributed by atoms with van der Waals surface area (Å²) in [5, 5.41) is 0.784. The predicted molar refractivity (Wildman–Crippen MR) is 39.0 cm³/mol. The summed E-state index contributed by atoms with van der Waals surface area (Å²) in [6, 6.07) is 4.05. The van der Waals surface area contributed by atoms with Crippen LogP contribution in [0.15, 0.2) is 23.4 Å². The van der Waals surface area contributed by atoms with Gasteiger partial charge in [-0.3, -0.25) is 9.78 Å². The number of fused-ring (bicyclic) bond motifs is 1. The van der Waals surface area contributed by atoms with Gasteiger partial charge in [-0.25, -0.2) is 11.1 Å². The fraction of sp³-hybridized carbons (Fsp3) is 0. The van der Waals surface area contributed by atoms with E-state index in [1.165, 1.54) is 6.33 Å². The zero-order chi connectivity index (χ0) is 7.68. The summed E-state index contributed by atoms with van der Waals surface area (Å²) in [7, 11) is 0. The largest absolute Gasteiger partial charge is 0.338 e. The van der Waals surface area contributed by atoms with Crippen molar-refractivity contribution in [3.63, 3.8) is 0 Å². The van der Waals surface area contributed by atoms with Crippen molar-refractivity contribution in [2.24, 2.45) is 0 Å². The molecular formula is C7H4N3ORe-. The minimum atomic E-state index is -0.267. The fourth-order valence-electron chi connectivity index (χ4n) is 0.837. The number of nitrogens with one attached hydrogen (secondary N) is 1. The molecule has 0 aliphatic rings. The van der Waals surface area contributed by atoms with E-state index in [4.69, 9.17) is 0 Å². The molecule has 1 radical (unpaired) electrons. The van der Waals surface area contributed by atoms with Gasteiger partial charge in [-0.15, -0.1) is 5.39 Å². The molecule has 1 N–H and O–H groups in total. The third-order valence-electron chi connectivity index (χ3n) is 1.33. The van der Waals surface area contributed by atoms with Crippen molar-refractivity contribution in [1.82, 2.24) is 15.0 Å². The van der Waals surface area contributed by atoms with E-state index in [9.17, 15) is 4.79 Å². The van der Waals surface area contributed by atoms with Crippen molar-refractivity contribution in [2.75, 3.05) is 0 Å². The van der Waals surface area contributed by atoms with E-state index in [0.29, 0.717) is 5.65 Å². The summed E-state index contributed by atoms with van der Waals surface area (Å²) in [5.41, 5.74) is 0.278. The monoisotopic (exact) mass is 333 g/mol. The molecule has 0 bridgehead atoms. The zero-order valence-electron chi connectivity index (χ0n) is 5.91. The summed E-state index contributed by atoms with van der Waals surface area (Å²) < 4.78 is 0. The minimum absolute atomic E-state index is 0. The van der Waals surface area contributed by atoms with Crippen molar-refractivity contribution >= 4 is 11.0 Å². The molecule has 2 heterocycles. The number of aromatic amines is 1. The van der Waals surface area contributed by atoms with Gasteiger partial charge < -0.3 is 4.98 Å². The first-order valence-electron chi connectivity index (χ1n) is 3.07. The third kappa shape index (κ3) is 1.58. The van der Waals surface area contributed by atoms with Gasteiger partial charge in [-0.1, -0.05) is 0 Å². The van der Waals surface area contributed by atoms with E-state index >= 15 is 0 Å². The summed E-state index contributed by atoms with van der Waals surface area (Å²) in [5.74, 6) is 0. The molecule has 0 aliphatic carbocycles. The maximum absolute atomic E-state index is 10.7. The molecule has 0 amide bonds. The van der Waals surface area contributed by atoms with Crippen LogP contribution in [0.5, 0.6) is 0 Å². The average molecular weight is 332 g/mol. The van der Waals surface area contributed by atoms with Crippen molar-refractivity contribution in [3.8, 4) is 0 Å². The van der Waals surface area contributed by atoms with Gasteiger partial charge in [0.25, 0.3) is 0 Å². The molecule has 0 aliphatic heterocycles. The van der Waals surface area contributed by atoms with E-state index in [2.05, 4.69) is 21.0 Å². The first-order valence-corrected chi connectivity index (χ1v) is 3.07. The SMILES string of the molecule is O=c1[c-]cc2cncnc2[nH]1.[Re]. The Labute approximate surface area is 81.7 Å². The molecule has 4 nitrogen and oxygen atoms in total. The Kier molecular flexibility index (Phi) is 2.69. The normalized spacial score (nSPS) is 9.33. The number of nitrogens with zero attached hydrogens (tertiary/aromatic N) is 2. The van der Waals surface area contributed by atoms with E-state index in [1.807, 2.05) is 0 Å². The number of pyridine rings is 1. The molecule has 2 aromatic rings. The van der Waals surface area contributed by atoms with Crippen LogP contribution in [0.3, 0.4) is 0 Å². The van der Waals surface area contributed by atoms with E-state index in [0.717, 1.165) is 5.39 Å². The van der Waals surface area contributed by atoms with Gasteiger partial charge in [0.05, 0.1) is 5.65 Å². The molecule has 0 spiro atoms. The van der Waals surface area contributed by atoms with Crippen LogP contribution in [0.25, 0.3) is 11.0 Å². The molecule has 61 valence electrons. The summed E-state index contributed by atoms with van der Waals surface area (Å²) in [6.07, 6.45) is 3.01. The van der Waals surface area contributed by atoms with Crippen LogP contribution in [0, 0.1) is 6.07 Å². The van der Waals surface area contributed by atoms with Gasteiger partial charge in [-0.2, -0.15) is 6.07 Å². The van der Waals surface area contributed by atoms with Gasteiger partial charge in [-0.05, 0) is 6.20 Å². The van der Waals surface area contributed by atoms with E-state index in [1.54, 1.807) is 12.3 Å². The molecule has 2 aromatic heterocycles. The number of hydrogen-bond donors (Lipinski definition) is 1. The molecule has 0 unspecified atom stereocenters. The molecule has 2 rings (SSSR count). The summed E-state index contributed by atoms with van der Waals surface area (Å²) in [6.45, 7) is 0. The van der Waals surface area contributed by atoms with E-state index < -0.39 is 0 Å². The van der Waals surface area contributed by atoms with Crippen molar-refractivity contribution in [1.29, 1.82) is 0 Å². The third-order valence-corrected chi connectivity index (χ3v) is 1.33. The standard InChI is InChI=1S/C7H4N3O.Re/c11-6-2-1-5-3-8-4-9-7(5)10-6;/h1,3-4H,(H,8,9,10,11);/q-1;. The second kappa shape index (κ2) is 3.57. The maximum atomic E-state index is 10.7.